The second kappa shape index (κ2) is 14.2. The maximum Gasteiger partial charge on any atom is 0.459 e. The summed E-state index contributed by atoms with van der Waals surface area (Å²) in [5, 5.41) is 28.6. The summed E-state index contributed by atoms with van der Waals surface area (Å²) in [7, 11) is -4.57. The van der Waals surface area contributed by atoms with Gasteiger partial charge in [0.05, 0.1) is 24.3 Å². The van der Waals surface area contributed by atoms with E-state index in [1.165, 1.54) is 19.1 Å². The van der Waals surface area contributed by atoms with E-state index in [4.69, 9.17) is 29.0 Å². The van der Waals surface area contributed by atoms with Crippen molar-refractivity contribution in [2.75, 3.05) is 12.3 Å². The number of nitrogen functional groups attached to an aromatic ring is 1. The van der Waals surface area contributed by atoms with E-state index in [1.807, 2.05) is 0 Å². The minimum absolute atomic E-state index is 0.0617. The summed E-state index contributed by atoms with van der Waals surface area (Å²) in [4.78, 5) is 34.1. The Balaban J connectivity index is 1.50. The summed E-state index contributed by atoms with van der Waals surface area (Å²) in [6, 6.07) is 16.5. The molecular weight excluding hydrogens is 664 g/mol. The number of nitrogens with one attached hydrogen (secondary N) is 1. The first-order chi connectivity index (χ1) is 23.3. The highest BCUT2D eigenvalue weighted by Gasteiger charge is 2.75. The number of rotatable bonds is 13. The number of ether oxygens (including phenoxy) is 3. The zero-order valence-electron chi connectivity index (χ0n) is 26.5. The molecule has 1 fully saturated rings. The van der Waals surface area contributed by atoms with E-state index in [9.17, 15) is 24.5 Å². The molecule has 1 unspecified atom stereocenters. The van der Waals surface area contributed by atoms with Crippen LogP contribution in [0, 0.1) is 11.3 Å². The molecule has 5 rings (SSSR count). The summed E-state index contributed by atoms with van der Waals surface area (Å²) >= 11 is 0. The van der Waals surface area contributed by atoms with Gasteiger partial charge in [0.25, 0.3) is 5.67 Å². The molecule has 2 aromatic heterocycles. The van der Waals surface area contributed by atoms with Gasteiger partial charge in [-0.3, -0.25) is 9.32 Å². The van der Waals surface area contributed by atoms with Crippen LogP contribution in [-0.2, 0) is 45.2 Å². The highest BCUT2D eigenvalue weighted by atomic mass is 31.2. The number of carbonyl (C=O) groups excluding carboxylic acids is 2. The van der Waals surface area contributed by atoms with Crippen molar-refractivity contribution in [3.8, 4) is 11.8 Å². The predicted octanol–water partition coefficient (Wildman–Crippen LogP) is 2.93. The van der Waals surface area contributed by atoms with Gasteiger partial charge in [-0.15, -0.1) is 0 Å². The van der Waals surface area contributed by atoms with Crippen LogP contribution in [0.1, 0.15) is 26.3 Å². The van der Waals surface area contributed by atoms with Crippen LogP contribution in [0.3, 0.4) is 0 Å². The minimum Gasteiger partial charge on any atom is -0.462 e. The van der Waals surface area contributed by atoms with Crippen molar-refractivity contribution in [2.24, 2.45) is 0 Å². The van der Waals surface area contributed by atoms with Gasteiger partial charge in [0.2, 0.25) is 0 Å². The van der Waals surface area contributed by atoms with E-state index in [0.717, 1.165) is 12.5 Å². The molecule has 4 aromatic rings. The van der Waals surface area contributed by atoms with Gasteiger partial charge in [0, 0.05) is 0 Å². The van der Waals surface area contributed by atoms with Crippen LogP contribution in [0.15, 0.2) is 73.2 Å². The second-order valence-corrected chi connectivity index (χ2v) is 12.9. The number of anilines is 1. The van der Waals surface area contributed by atoms with Gasteiger partial charge in [-0.2, -0.15) is 20.1 Å². The van der Waals surface area contributed by atoms with Crippen molar-refractivity contribution in [1.82, 2.24) is 24.8 Å². The smallest absolute Gasteiger partial charge is 0.459 e. The van der Waals surface area contributed by atoms with Crippen LogP contribution < -0.4 is 15.3 Å². The van der Waals surface area contributed by atoms with Gasteiger partial charge in [-0.1, -0.05) is 48.5 Å². The summed E-state index contributed by atoms with van der Waals surface area (Å²) in [6.45, 7) is 3.23. The third kappa shape index (κ3) is 6.95. The number of aliphatic hydroxyl groups excluding tert-OH is 1. The summed E-state index contributed by atoms with van der Waals surface area (Å²) < 4.78 is 59.7. The number of aromatic nitrogens is 4. The third-order valence-corrected chi connectivity index (χ3v) is 9.01. The molecule has 6 atom stereocenters. The Morgan fingerprint density at radius 2 is 1.84 bits per heavy atom. The molecule has 0 saturated carbocycles. The second-order valence-electron chi connectivity index (χ2n) is 11.2. The third-order valence-electron chi connectivity index (χ3n) is 7.37. The van der Waals surface area contributed by atoms with Crippen molar-refractivity contribution in [3.05, 3.63) is 78.8 Å². The molecule has 49 heavy (non-hydrogen) atoms. The highest BCUT2D eigenvalue weighted by molar-refractivity contribution is 7.52. The molecule has 0 aliphatic carbocycles. The summed E-state index contributed by atoms with van der Waals surface area (Å²) in [5.41, 5.74) is -0.555. The van der Waals surface area contributed by atoms with Crippen LogP contribution in [0.25, 0.3) is 11.0 Å². The van der Waals surface area contributed by atoms with Gasteiger partial charge in [0.15, 0.2) is 5.65 Å². The first kappa shape index (κ1) is 35.3. The predicted molar refractivity (Wildman–Crippen MR) is 169 cm³/mol. The Bertz CT molecular complexity index is 1890. The van der Waals surface area contributed by atoms with Gasteiger partial charge in [-0.25, -0.2) is 23.7 Å². The van der Waals surface area contributed by atoms with Crippen molar-refractivity contribution in [3.63, 3.8) is 0 Å². The molecule has 4 N–H and O–H groups in total. The molecule has 258 valence electrons. The average Bonchev–Trinajstić information content (AvgIpc) is 3.62. The number of carbonyl (C=O) groups is 2. The topological polar surface area (TPSA) is 223 Å². The van der Waals surface area contributed by atoms with Crippen LogP contribution >= 0.6 is 7.75 Å². The standard InChI is InChI=1S/C31H33FN7O9P/c1-19(2)46-28(41)20(3)38-49(43,48-22-12-8-5-9-13-22)45-16-24-25(40)31(32,29(42)44-15-21-10-6-4-7-11-21)30(17-33,47-24)39-27-23(14-37-39)26(34)35-18-36-27/h4-14,18-20,24-25,40H,15-16H2,1-3H3,(H,38,43)(H2,34,35,36)/t20-,24+,25+,30+,31-,49?/m0/s1. The van der Waals surface area contributed by atoms with Crippen LogP contribution in [-0.4, -0.2) is 73.4 Å². The van der Waals surface area contributed by atoms with Gasteiger partial charge in [0.1, 0.15) is 48.8 Å². The van der Waals surface area contributed by atoms with Gasteiger partial charge in [-0.05, 0) is 38.5 Å². The van der Waals surface area contributed by atoms with Gasteiger partial charge < -0.3 is 29.6 Å². The van der Waals surface area contributed by atoms with Gasteiger partial charge >= 0.3 is 25.4 Å². The lowest BCUT2D eigenvalue weighted by molar-refractivity contribution is -0.185. The minimum atomic E-state index is -4.57. The summed E-state index contributed by atoms with van der Waals surface area (Å²) in [6.07, 6.45) is -2.72. The number of fused-ring (bicyclic) bond motifs is 1. The van der Waals surface area contributed by atoms with E-state index in [0.29, 0.717) is 10.2 Å². The number of aliphatic hydroxyl groups is 1. The van der Waals surface area contributed by atoms with Crippen molar-refractivity contribution in [2.45, 2.75) is 63.1 Å². The van der Waals surface area contributed by atoms with Crippen LogP contribution in [0.2, 0.25) is 0 Å². The fourth-order valence-corrected chi connectivity index (χ4v) is 6.50. The van der Waals surface area contributed by atoms with Crippen molar-refractivity contribution >= 4 is 36.5 Å². The molecule has 0 amide bonds. The highest BCUT2D eigenvalue weighted by Crippen LogP contribution is 2.51. The van der Waals surface area contributed by atoms with E-state index in [2.05, 4.69) is 20.2 Å². The number of alkyl halides is 1. The average molecular weight is 698 g/mol. The zero-order chi connectivity index (χ0) is 35.4. The molecule has 1 saturated heterocycles. The lowest BCUT2D eigenvalue weighted by atomic mass is 9.88. The molecule has 0 spiro atoms. The molecule has 16 nitrogen and oxygen atoms in total. The van der Waals surface area contributed by atoms with Crippen molar-refractivity contribution in [1.29, 1.82) is 5.26 Å². The maximum absolute atomic E-state index is 17.5. The van der Waals surface area contributed by atoms with E-state index in [-0.39, 0.29) is 22.6 Å². The summed E-state index contributed by atoms with van der Waals surface area (Å²) in [5.74, 6) is -2.47. The first-order valence-electron chi connectivity index (χ1n) is 14.9. The molecule has 2 aromatic carbocycles. The van der Waals surface area contributed by atoms with E-state index >= 15 is 4.39 Å². The maximum atomic E-state index is 17.5. The molecule has 0 radical (unpaired) electrons. The Kier molecular flexibility index (Phi) is 10.3. The fourth-order valence-electron chi connectivity index (χ4n) is 5.00. The number of benzene rings is 2. The Labute approximate surface area is 279 Å². The van der Waals surface area contributed by atoms with E-state index < -0.39 is 68.6 Å². The Morgan fingerprint density at radius 1 is 1.16 bits per heavy atom. The fraction of sp³-hybridized carbons (Fsp3) is 0.355. The number of esters is 2. The Hall–Kier alpha value is -4.98. The number of nitrogens with two attached hydrogens (primary N) is 1. The number of nitriles is 1. The SMILES string of the molecule is CC(C)OC(=O)[C@H](C)NP(=O)(OC[C@H]1O[C@@](C#N)(n2ncc3c(N)ncnc32)[C@@](F)(C(=O)OCc2ccccc2)[C@@H]1O)Oc1ccccc1. The quantitative estimate of drug-likeness (QED) is 0.135. The number of nitrogens with zero attached hydrogens (tertiary/aromatic N) is 5. The monoisotopic (exact) mass is 697 g/mol. The first-order valence-corrected chi connectivity index (χ1v) is 16.5. The number of hydrogen-bond acceptors (Lipinski definition) is 14. The van der Waals surface area contributed by atoms with E-state index in [1.54, 1.807) is 68.4 Å². The number of hydrogen-bond donors (Lipinski definition) is 3. The van der Waals surface area contributed by atoms with Crippen molar-refractivity contribution < 1.29 is 46.9 Å². The largest absolute Gasteiger partial charge is 0.462 e. The molecule has 0 bridgehead atoms. The van der Waals surface area contributed by atoms with Crippen LogP contribution in [0.4, 0.5) is 10.2 Å². The normalized spacial score (nSPS) is 23.8. The molecule has 1 aliphatic heterocycles. The van der Waals surface area contributed by atoms with Crippen LogP contribution in [0.5, 0.6) is 5.75 Å². The Morgan fingerprint density at radius 3 is 2.49 bits per heavy atom. The molecule has 1 aliphatic rings. The molecule has 3 heterocycles. The number of halogens is 1. The molecule has 18 heteroatoms. The lowest BCUT2D eigenvalue weighted by Gasteiger charge is -2.32. The molecular formula is C31H33FN7O9P. The zero-order valence-corrected chi connectivity index (χ0v) is 27.4. The number of para-hydroxylation sites is 1. The lowest BCUT2D eigenvalue weighted by Crippen LogP contribution is -2.60.